The van der Waals surface area contributed by atoms with Crippen LogP contribution in [0, 0.1) is 13.8 Å². The van der Waals surface area contributed by atoms with E-state index in [-0.39, 0.29) is 48.9 Å². The Kier molecular flexibility index (Phi) is 17.0. The lowest BCUT2D eigenvalue weighted by atomic mass is 10.0. The topological polar surface area (TPSA) is 224 Å². The Morgan fingerprint density at radius 3 is 2.41 bits per heavy atom. The minimum absolute atomic E-state index is 0.0195. The fourth-order valence-electron chi connectivity index (χ4n) is 7.29. The molecule has 1 aromatic carbocycles. The third-order valence-electron chi connectivity index (χ3n) is 10.8. The van der Waals surface area contributed by atoms with E-state index < -0.39 is 42.1 Å². The molecule has 0 radical (unpaired) electrons. The van der Waals surface area contributed by atoms with Crippen molar-refractivity contribution < 1.29 is 52.5 Å². The molecule has 2 atom stereocenters. The van der Waals surface area contributed by atoms with Crippen molar-refractivity contribution >= 4 is 70.5 Å². The van der Waals surface area contributed by atoms with Gasteiger partial charge in [0.2, 0.25) is 11.7 Å². The normalized spacial score (nSPS) is 15.3. The summed E-state index contributed by atoms with van der Waals surface area (Å²) in [6.07, 6.45) is -1.46. The molecule has 1 unspecified atom stereocenters. The van der Waals surface area contributed by atoms with E-state index in [2.05, 4.69) is 43.1 Å². The van der Waals surface area contributed by atoms with Crippen LogP contribution in [0.25, 0.3) is 11.6 Å². The largest absolute Gasteiger partial charge is 0.470 e. The second-order valence-electron chi connectivity index (χ2n) is 16.4. The zero-order valence-electron chi connectivity index (χ0n) is 38.1. The number of amides is 3. The number of ether oxygens (including phenoxy) is 5. The van der Waals surface area contributed by atoms with Crippen LogP contribution in [0.3, 0.4) is 0 Å². The van der Waals surface area contributed by atoms with Gasteiger partial charge in [0.25, 0.3) is 17.7 Å². The van der Waals surface area contributed by atoms with E-state index in [1.807, 2.05) is 32.6 Å². The van der Waals surface area contributed by atoms with E-state index in [0.717, 1.165) is 31.4 Å². The van der Waals surface area contributed by atoms with E-state index >= 15 is 0 Å². The summed E-state index contributed by atoms with van der Waals surface area (Å²) >= 11 is 0.977. The summed E-state index contributed by atoms with van der Waals surface area (Å²) in [7, 11) is 0. The Balaban J connectivity index is 1.16. The molecule has 0 spiro atoms. The van der Waals surface area contributed by atoms with Gasteiger partial charge in [-0.2, -0.15) is 4.37 Å². The average molecular weight is 909 g/mol. The van der Waals surface area contributed by atoms with E-state index in [4.69, 9.17) is 23.7 Å². The van der Waals surface area contributed by atoms with Crippen LogP contribution >= 0.6 is 11.7 Å². The zero-order valence-corrected chi connectivity index (χ0v) is 38.9. The number of hydrogen-bond acceptors (Lipinski definition) is 16. The molecule has 4 heterocycles. The van der Waals surface area contributed by atoms with Crippen LogP contribution in [0.15, 0.2) is 18.2 Å². The molecule has 64 heavy (non-hydrogen) atoms. The molecule has 5 rings (SSSR count). The van der Waals surface area contributed by atoms with Crippen molar-refractivity contribution in [2.24, 2.45) is 0 Å². The van der Waals surface area contributed by atoms with Gasteiger partial charge in [-0.3, -0.25) is 24.0 Å². The number of hydrogen-bond donors (Lipinski definition) is 3. The molecule has 0 saturated carbocycles. The second kappa shape index (κ2) is 22.2. The summed E-state index contributed by atoms with van der Waals surface area (Å²) in [6.45, 7) is 21.1. The molecular weight excluding hydrogens is 849 g/mol. The van der Waals surface area contributed by atoms with Gasteiger partial charge in [0.05, 0.1) is 55.5 Å². The maximum atomic E-state index is 13.3. The summed E-state index contributed by atoms with van der Waals surface area (Å²) < 4.78 is 36.7. The molecule has 1 saturated heterocycles. The van der Waals surface area contributed by atoms with E-state index in [1.54, 1.807) is 30.0 Å². The first-order valence-corrected chi connectivity index (χ1v) is 22.2. The number of fused-ring (bicyclic) bond motifs is 1. The van der Waals surface area contributed by atoms with Crippen LogP contribution in [0.4, 0.5) is 11.5 Å². The summed E-state index contributed by atoms with van der Waals surface area (Å²) in [5.41, 5.74) is 3.11. The molecule has 3 N–H and O–H groups in total. The van der Waals surface area contributed by atoms with Gasteiger partial charge < -0.3 is 54.0 Å². The van der Waals surface area contributed by atoms with Crippen LogP contribution in [0.2, 0.25) is 0 Å². The number of carbonyl (C=O) groups is 6. The Labute approximate surface area is 377 Å². The number of benzene rings is 1. The molecular formula is C44H60N8O11S. The predicted molar refractivity (Wildman–Crippen MR) is 239 cm³/mol. The van der Waals surface area contributed by atoms with Crippen LogP contribution in [-0.4, -0.2) is 143 Å². The summed E-state index contributed by atoms with van der Waals surface area (Å²) in [5.74, 6) is -2.37. The van der Waals surface area contributed by atoms with Gasteiger partial charge in [-0.15, -0.1) is 4.37 Å². The number of aromatic nitrogens is 3. The maximum Gasteiger partial charge on any atom is 0.347 e. The Morgan fingerprint density at radius 1 is 1.03 bits per heavy atom. The number of aryl methyl sites for hydroxylation is 1. The highest BCUT2D eigenvalue weighted by atomic mass is 32.1. The van der Waals surface area contributed by atoms with Crippen LogP contribution < -0.4 is 25.0 Å². The third kappa shape index (κ3) is 12.9. The second-order valence-corrected chi connectivity index (χ2v) is 17.0. The SMILES string of the molecule is CCN(CC)CCNC(=O)c1c(C)[nH]c(/C=C2\C(=O)Nc3ccc(OC(=O)CCC(=O)OC(C)C(=O)O[C@H](COc4nsnc4N4CCOCC4)CN(C(C)=O)C(C)(C)C)cc32)c1C. The quantitative estimate of drug-likeness (QED) is 0.0824. The number of rotatable bonds is 20. The molecule has 0 bridgehead atoms. The fourth-order valence-corrected chi connectivity index (χ4v) is 7.81. The molecule has 348 valence electrons. The van der Waals surface area contributed by atoms with Gasteiger partial charge in [0, 0.05) is 61.3 Å². The smallest absolute Gasteiger partial charge is 0.347 e. The predicted octanol–water partition coefficient (Wildman–Crippen LogP) is 4.14. The Bertz CT molecular complexity index is 2200. The first kappa shape index (κ1) is 49.2. The molecule has 19 nitrogen and oxygen atoms in total. The van der Waals surface area contributed by atoms with Crippen molar-refractivity contribution in [3.05, 3.63) is 46.3 Å². The molecule has 2 aliphatic rings. The maximum absolute atomic E-state index is 13.3. The van der Waals surface area contributed by atoms with Crippen molar-refractivity contribution in [2.45, 2.75) is 92.9 Å². The van der Waals surface area contributed by atoms with Crippen molar-refractivity contribution in [2.75, 3.05) is 75.9 Å². The molecule has 2 aliphatic heterocycles. The van der Waals surface area contributed by atoms with Crippen molar-refractivity contribution in [3.8, 4) is 11.6 Å². The molecule has 1 fully saturated rings. The highest BCUT2D eigenvalue weighted by Crippen LogP contribution is 2.37. The van der Waals surface area contributed by atoms with Gasteiger partial charge in [0.1, 0.15) is 12.4 Å². The number of likely N-dealkylation sites (N-methyl/N-ethyl adjacent to an activating group) is 1. The number of esters is 3. The number of anilines is 2. The van der Waals surface area contributed by atoms with Crippen LogP contribution in [0.5, 0.6) is 11.6 Å². The summed E-state index contributed by atoms with van der Waals surface area (Å²) in [4.78, 5) is 86.9. The molecule has 3 aromatic rings. The number of aromatic amines is 1. The first-order valence-electron chi connectivity index (χ1n) is 21.4. The van der Waals surface area contributed by atoms with E-state index in [0.29, 0.717) is 78.0 Å². The van der Waals surface area contributed by atoms with Crippen LogP contribution in [-0.2, 0) is 38.2 Å². The van der Waals surface area contributed by atoms with Gasteiger partial charge in [-0.05, 0) is 84.5 Å². The van der Waals surface area contributed by atoms with E-state index in [9.17, 15) is 28.8 Å². The van der Waals surface area contributed by atoms with Crippen molar-refractivity contribution in [1.82, 2.24) is 28.8 Å². The van der Waals surface area contributed by atoms with Gasteiger partial charge in [0.15, 0.2) is 12.2 Å². The fraction of sp³-hybridized carbons (Fsp3) is 0.545. The average Bonchev–Trinajstić information content (AvgIpc) is 3.93. The third-order valence-corrected chi connectivity index (χ3v) is 11.3. The lowest BCUT2D eigenvalue weighted by molar-refractivity contribution is -0.173. The number of nitrogens with zero attached hydrogens (tertiary/aromatic N) is 5. The van der Waals surface area contributed by atoms with Crippen molar-refractivity contribution in [1.29, 1.82) is 0 Å². The van der Waals surface area contributed by atoms with Crippen molar-refractivity contribution in [3.63, 3.8) is 0 Å². The van der Waals surface area contributed by atoms with Gasteiger partial charge in [-0.25, -0.2) is 4.79 Å². The first-order chi connectivity index (χ1) is 30.4. The molecule has 3 amide bonds. The molecule has 0 aliphatic carbocycles. The Morgan fingerprint density at radius 2 is 1.73 bits per heavy atom. The minimum atomic E-state index is -1.36. The number of carbonyl (C=O) groups excluding carboxylic acids is 6. The zero-order chi connectivity index (χ0) is 46.7. The van der Waals surface area contributed by atoms with Gasteiger partial charge >= 0.3 is 17.9 Å². The van der Waals surface area contributed by atoms with Gasteiger partial charge in [-0.1, -0.05) is 13.8 Å². The van der Waals surface area contributed by atoms with E-state index in [1.165, 1.54) is 19.9 Å². The monoisotopic (exact) mass is 908 g/mol. The minimum Gasteiger partial charge on any atom is -0.470 e. The highest BCUT2D eigenvalue weighted by molar-refractivity contribution is 6.99. The lowest BCUT2D eigenvalue weighted by Gasteiger charge is -2.37. The highest BCUT2D eigenvalue weighted by Gasteiger charge is 2.32. The summed E-state index contributed by atoms with van der Waals surface area (Å²) in [6, 6.07) is 4.66. The Hall–Kier alpha value is -5.86. The summed E-state index contributed by atoms with van der Waals surface area (Å²) in [5, 5.41) is 5.79. The lowest BCUT2D eigenvalue weighted by Crippen LogP contribution is -2.50. The standard InChI is InChI=1S/C44H60N8O11S/c1-10-50(11-2)17-16-45-41(57)38-26(3)35(46-27(38)4)23-33-32-22-30(12-13-34(32)47-40(33)56)62-37(55)15-14-36(54)61-28(5)43(58)63-31(24-52(29(6)53)44(7,8)9)25-60-42-39(48-64-49-42)51-18-20-59-21-19-51/h12-13,22-23,28,31,46H,10-11,14-21,24-25H2,1-9H3,(H,45,57)(H,47,56)/b33-23-/t28?,31-/m0/s1. The number of morpholine rings is 1. The molecule has 20 heteroatoms. The number of nitrogens with one attached hydrogen (secondary N) is 3. The van der Waals surface area contributed by atoms with Crippen LogP contribution in [0.1, 0.15) is 94.2 Å². The molecule has 2 aromatic heterocycles. The number of H-pyrrole nitrogens is 1.